The van der Waals surface area contributed by atoms with E-state index >= 15 is 0 Å². The molecule has 0 aliphatic rings. The number of hydrogen-bond acceptors (Lipinski definition) is 2. The van der Waals surface area contributed by atoms with E-state index in [0.29, 0.717) is 5.88 Å². The van der Waals surface area contributed by atoms with Gasteiger partial charge in [-0.25, -0.2) is 0 Å². The Morgan fingerprint density at radius 2 is 1.90 bits per heavy atom. The highest BCUT2D eigenvalue weighted by molar-refractivity contribution is 5.87. The molecule has 2 aromatic rings. The number of H-pyrrole nitrogens is 1. The van der Waals surface area contributed by atoms with E-state index < -0.39 is 0 Å². The number of benzene rings is 1. The van der Waals surface area contributed by atoms with Gasteiger partial charge in [0.15, 0.2) is 5.88 Å². The number of hydrogen-bond donors (Lipinski definition) is 1. The number of unbranched alkanes of at least 4 members (excludes halogenated alkanes) is 1. The second-order valence-electron chi connectivity index (χ2n) is 6.58. The minimum atomic E-state index is -0.0810. The number of fused-ring (bicyclic) bond motifs is 1. The Balaban J connectivity index is 2.75. The van der Waals surface area contributed by atoms with Crippen LogP contribution < -0.4 is 10.3 Å². The van der Waals surface area contributed by atoms with Crippen molar-refractivity contribution in [3.8, 4) is 5.88 Å². The zero-order valence-corrected chi connectivity index (χ0v) is 13.7. The summed E-state index contributed by atoms with van der Waals surface area (Å²) in [6, 6.07) is 6.13. The lowest BCUT2D eigenvalue weighted by Gasteiger charge is -2.20. The van der Waals surface area contributed by atoms with E-state index in [2.05, 4.69) is 38.7 Å². The van der Waals surface area contributed by atoms with Gasteiger partial charge in [-0.15, -0.1) is 0 Å². The molecule has 21 heavy (non-hydrogen) atoms. The summed E-state index contributed by atoms with van der Waals surface area (Å²) in [4.78, 5) is 15.1. The molecule has 2 rings (SSSR count). The summed E-state index contributed by atoms with van der Waals surface area (Å²) in [7, 11) is 1.61. The van der Waals surface area contributed by atoms with E-state index in [9.17, 15) is 4.79 Å². The fraction of sp³-hybridized carbons (Fsp3) is 0.500. The highest BCUT2D eigenvalue weighted by Gasteiger charge is 2.17. The molecule has 0 amide bonds. The molecule has 0 spiro atoms. The monoisotopic (exact) mass is 287 g/mol. The molecule has 1 N–H and O–H groups in total. The smallest absolute Gasteiger partial charge is 0.258 e. The Kier molecular flexibility index (Phi) is 4.40. The summed E-state index contributed by atoms with van der Waals surface area (Å²) in [5, 5.41) is 1.77. The van der Waals surface area contributed by atoms with Crippen LogP contribution in [0.4, 0.5) is 0 Å². The van der Waals surface area contributed by atoms with Crippen LogP contribution in [-0.2, 0) is 11.8 Å². The van der Waals surface area contributed by atoms with Crippen LogP contribution in [-0.4, -0.2) is 12.1 Å². The van der Waals surface area contributed by atoms with Crippen LogP contribution in [0.25, 0.3) is 10.8 Å². The number of nitrogens with one attached hydrogen (secondary N) is 1. The van der Waals surface area contributed by atoms with E-state index in [1.54, 1.807) is 7.11 Å². The zero-order valence-electron chi connectivity index (χ0n) is 13.7. The minimum absolute atomic E-state index is 0.0616. The molecule has 0 atom stereocenters. The molecule has 0 radical (unpaired) electrons. The summed E-state index contributed by atoms with van der Waals surface area (Å²) in [5.41, 5.74) is 2.33. The van der Waals surface area contributed by atoms with Crippen molar-refractivity contribution in [1.29, 1.82) is 0 Å². The Morgan fingerprint density at radius 3 is 2.48 bits per heavy atom. The van der Waals surface area contributed by atoms with Gasteiger partial charge in [-0.1, -0.05) is 40.2 Å². The predicted octanol–water partition coefficient (Wildman–Crippen LogP) is 4.18. The lowest BCUT2D eigenvalue weighted by Crippen LogP contribution is -2.14. The Labute approximate surface area is 126 Å². The average Bonchev–Trinajstić information content (AvgIpc) is 2.44. The van der Waals surface area contributed by atoms with Crippen LogP contribution >= 0.6 is 0 Å². The van der Waals surface area contributed by atoms with Crippen LogP contribution in [0.5, 0.6) is 5.88 Å². The van der Waals surface area contributed by atoms with E-state index in [1.807, 2.05) is 12.1 Å². The van der Waals surface area contributed by atoms with Crippen molar-refractivity contribution in [2.75, 3.05) is 7.11 Å². The van der Waals surface area contributed by atoms with Crippen LogP contribution in [0.15, 0.2) is 23.0 Å². The van der Waals surface area contributed by atoms with Gasteiger partial charge in [-0.3, -0.25) is 9.78 Å². The predicted molar refractivity (Wildman–Crippen MR) is 88.4 cm³/mol. The molecule has 0 fully saturated rings. The Bertz CT molecular complexity index is 693. The first kappa shape index (κ1) is 15.6. The third kappa shape index (κ3) is 3.12. The second-order valence-corrected chi connectivity index (χ2v) is 6.58. The Hall–Kier alpha value is -1.77. The molecule has 0 saturated carbocycles. The maximum atomic E-state index is 12.2. The summed E-state index contributed by atoms with van der Waals surface area (Å²) in [6.07, 6.45) is 3.11. The molecular weight excluding hydrogens is 262 g/mol. The van der Waals surface area contributed by atoms with Crippen LogP contribution in [0, 0.1) is 0 Å². The van der Waals surface area contributed by atoms with E-state index in [0.717, 1.165) is 35.6 Å². The van der Waals surface area contributed by atoms with Gasteiger partial charge < -0.3 is 4.74 Å². The largest absolute Gasteiger partial charge is 0.482 e. The first-order valence-corrected chi connectivity index (χ1v) is 7.62. The van der Waals surface area contributed by atoms with Gasteiger partial charge in [0.1, 0.15) is 0 Å². The van der Waals surface area contributed by atoms with Crippen LogP contribution in [0.1, 0.15) is 51.7 Å². The molecule has 0 saturated heterocycles. The van der Waals surface area contributed by atoms with E-state index in [1.165, 1.54) is 5.56 Å². The van der Waals surface area contributed by atoms with Crippen molar-refractivity contribution >= 4 is 10.8 Å². The molecule has 3 heteroatoms. The van der Waals surface area contributed by atoms with Gasteiger partial charge >= 0.3 is 0 Å². The van der Waals surface area contributed by atoms with Crippen molar-refractivity contribution in [3.63, 3.8) is 0 Å². The first-order valence-electron chi connectivity index (χ1n) is 7.62. The fourth-order valence-corrected chi connectivity index (χ4v) is 2.60. The van der Waals surface area contributed by atoms with Crippen LogP contribution in [0.3, 0.4) is 0 Å². The molecule has 1 aromatic heterocycles. The SMILES string of the molecule is CCCCc1c(OC)[nH]c(=O)c2ccc(C(C)(C)C)cc12. The number of aryl methyl sites for hydroxylation is 1. The summed E-state index contributed by atoms with van der Waals surface area (Å²) < 4.78 is 5.40. The van der Waals surface area contributed by atoms with Gasteiger partial charge in [0.05, 0.1) is 7.11 Å². The molecule has 1 aromatic carbocycles. The number of aromatic amines is 1. The van der Waals surface area contributed by atoms with Crippen molar-refractivity contribution in [3.05, 3.63) is 39.7 Å². The van der Waals surface area contributed by atoms with Crippen molar-refractivity contribution in [2.45, 2.75) is 52.4 Å². The quantitative estimate of drug-likeness (QED) is 0.916. The van der Waals surface area contributed by atoms with Crippen LogP contribution in [0.2, 0.25) is 0 Å². The first-order chi connectivity index (χ1) is 9.88. The number of methoxy groups -OCH3 is 1. The molecule has 114 valence electrons. The number of rotatable bonds is 4. The lowest BCUT2D eigenvalue weighted by molar-refractivity contribution is 0.392. The lowest BCUT2D eigenvalue weighted by atomic mass is 9.85. The maximum absolute atomic E-state index is 12.2. The summed E-state index contributed by atoms with van der Waals surface area (Å²) in [6.45, 7) is 8.72. The Morgan fingerprint density at radius 1 is 1.19 bits per heavy atom. The van der Waals surface area contributed by atoms with Gasteiger partial charge in [-0.2, -0.15) is 0 Å². The average molecular weight is 287 g/mol. The highest BCUT2D eigenvalue weighted by atomic mass is 16.5. The third-order valence-corrected chi connectivity index (χ3v) is 3.94. The second kappa shape index (κ2) is 5.92. The van der Waals surface area contributed by atoms with Gasteiger partial charge in [-0.05, 0) is 41.3 Å². The van der Waals surface area contributed by atoms with E-state index in [4.69, 9.17) is 4.74 Å². The number of ether oxygens (including phenoxy) is 1. The molecule has 1 heterocycles. The molecular formula is C18H25NO2. The summed E-state index contributed by atoms with van der Waals surface area (Å²) in [5.74, 6) is 0.604. The van der Waals surface area contributed by atoms with Crippen molar-refractivity contribution < 1.29 is 4.74 Å². The summed E-state index contributed by atoms with van der Waals surface area (Å²) >= 11 is 0. The number of aromatic nitrogens is 1. The molecule has 0 aliphatic carbocycles. The molecule has 0 aliphatic heterocycles. The highest BCUT2D eigenvalue weighted by Crippen LogP contribution is 2.30. The third-order valence-electron chi connectivity index (χ3n) is 3.94. The van der Waals surface area contributed by atoms with Gasteiger partial charge in [0.25, 0.3) is 5.56 Å². The molecule has 3 nitrogen and oxygen atoms in total. The normalized spacial score (nSPS) is 11.9. The fourth-order valence-electron chi connectivity index (χ4n) is 2.60. The number of pyridine rings is 1. The van der Waals surface area contributed by atoms with Gasteiger partial charge in [0.2, 0.25) is 0 Å². The van der Waals surface area contributed by atoms with E-state index in [-0.39, 0.29) is 11.0 Å². The zero-order chi connectivity index (χ0) is 15.6. The maximum Gasteiger partial charge on any atom is 0.258 e. The standard InChI is InChI=1S/C18H25NO2/c1-6-7-8-14-15-11-12(18(2,3)4)9-10-13(15)16(20)19-17(14)21-5/h9-11H,6-8H2,1-5H3,(H,19,20). The molecule has 0 bridgehead atoms. The minimum Gasteiger partial charge on any atom is -0.482 e. The van der Waals surface area contributed by atoms with Crippen molar-refractivity contribution in [1.82, 2.24) is 4.98 Å². The van der Waals surface area contributed by atoms with Gasteiger partial charge in [0, 0.05) is 10.9 Å². The topological polar surface area (TPSA) is 42.1 Å². The van der Waals surface area contributed by atoms with Crippen molar-refractivity contribution in [2.24, 2.45) is 0 Å². The molecule has 0 unspecified atom stereocenters.